The highest BCUT2D eigenvalue weighted by molar-refractivity contribution is 5.73. The van der Waals surface area contributed by atoms with Gasteiger partial charge in [-0.15, -0.1) is 0 Å². The minimum absolute atomic E-state index is 0.664. The summed E-state index contributed by atoms with van der Waals surface area (Å²) in [6.45, 7) is 6.46. The van der Waals surface area contributed by atoms with E-state index >= 15 is 0 Å². The summed E-state index contributed by atoms with van der Waals surface area (Å²) in [5.74, 6) is -2.76. The Morgan fingerprint density at radius 1 is 1.45 bits per heavy atom. The lowest BCUT2D eigenvalue weighted by molar-refractivity contribution is -0.192. The fourth-order valence-electron chi connectivity index (χ4n) is 1.96. The highest BCUT2D eigenvalue weighted by Crippen LogP contribution is 2.13. The summed E-state index contributed by atoms with van der Waals surface area (Å²) in [5, 5.41) is 19.0. The molecule has 0 saturated carbocycles. The van der Waals surface area contributed by atoms with Crippen LogP contribution in [0, 0.1) is 11.3 Å². The maximum atomic E-state index is 10.6. The first-order valence-electron chi connectivity index (χ1n) is 6.44. The van der Waals surface area contributed by atoms with Crippen LogP contribution >= 0.6 is 0 Å². The lowest BCUT2D eigenvalue weighted by Gasteiger charge is -2.33. The topological polar surface area (TPSA) is 76.4 Å². The van der Waals surface area contributed by atoms with E-state index in [9.17, 15) is 13.2 Å². The summed E-state index contributed by atoms with van der Waals surface area (Å²) in [5.41, 5.74) is 0. The highest BCUT2D eigenvalue weighted by Gasteiger charge is 2.38. The van der Waals surface area contributed by atoms with Crippen molar-refractivity contribution in [3.8, 4) is 6.07 Å². The third-order valence-electron chi connectivity index (χ3n) is 2.98. The smallest absolute Gasteiger partial charge is 0.475 e. The van der Waals surface area contributed by atoms with Crippen molar-refractivity contribution in [2.75, 3.05) is 26.2 Å². The second kappa shape index (κ2) is 9.55. The molecule has 8 heteroatoms. The predicted octanol–water partition coefficient (Wildman–Crippen LogP) is 1.61. The molecule has 0 aromatic rings. The summed E-state index contributed by atoms with van der Waals surface area (Å²) in [6, 6.07) is 2.92. The molecule has 0 unspecified atom stereocenters. The summed E-state index contributed by atoms with van der Waals surface area (Å²) in [4.78, 5) is 11.3. The van der Waals surface area contributed by atoms with Crippen molar-refractivity contribution >= 4 is 5.97 Å². The number of nitrogens with one attached hydrogen (secondary N) is 1. The van der Waals surface area contributed by atoms with E-state index in [-0.39, 0.29) is 0 Å². The number of alkyl halides is 3. The zero-order valence-electron chi connectivity index (χ0n) is 11.4. The molecular weight excluding hydrogens is 275 g/mol. The number of nitriles is 1. The quantitative estimate of drug-likeness (QED) is 0.824. The fraction of sp³-hybridized carbons (Fsp3) is 0.833. The Morgan fingerprint density at radius 2 is 1.95 bits per heavy atom. The van der Waals surface area contributed by atoms with Gasteiger partial charge in [-0.1, -0.05) is 6.92 Å². The zero-order valence-corrected chi connectivity index (χ0v) is 11.4. The Morgan fingerprint density at radius 3 is 2.30 bits per heavy atom. The molecule has 0 aliphatic carbocycles. The predicted molar refractivity (Wildman–Crippen MR) is 67.1 cm³/mol. The lowest BCUT2D eigenvalue weighted by atomic mass is 10.0. The number of hydrogen-bond donors (Lipinski definition) is 2. The van der Waals surface area contributed by atoms with Crippen molar-refractivity contribution < 1.29 is 23.1 Å². The van der Waals surface area contributed by atoms with Crippen molar-refractivity contribution in [2.24, 2.45) is 0 Å². The van der Waals surface area contributed by atoms with E-state index in [2.05, 4.69) is 23.2 Å². The number of carboxylic acid groups (broad SMARTS) is 1. The Bertz CT molecular complexity index is 323. The van der Waals surface area contributed by atoms with Gasteiger partial charge < -0.3 is 10.4 Å². The molecule has 1 rings (SSSR count). The average Bonchev–Trinajstić information content (AvgIpc) is 2.40. The Balaban J connectivity index is 0.000000441. The van der Waals surface area contributed by atoms with Gasteiger partial charge in [0.05, 0.1) is 6.07 Å². The van der Waals surface area contributed by atoms with Gasteiger partial charge in [-0.2, -0.15) is 18.4 Å². The molecule has 1 aliphatic heterocycles. The van der Waals surface area contributed by atoms with Gasteiger partial charge in [-0.05, 0) is 32.5 Å². The SMILES string of the molecule is CCN(CCC#N)C1CCNCC1.O=C(O)C(F)(F)F. The molecule has 1 fully saturated rings. The number of aliphatic carboxylic acids is 1. The molecular formula is C12H20F3N3O2. The van der Waals surface area contributed by atoms with Crippen LogP contribution < -0.4 is 5.32 Å². The van der Waals surface area contributed by atoms with Crippen LogP contribution in [-0.4, -0.2) is 54.4 Å². The van der Waals surface area contributed by atoms with Gasteiger partial charge >= 0.3 is 12.1 Å². The number of carbonyl (C=O) groups is 1. The minimum atomic E-state index is -5.08. The first-order chi connectivity index (χ1) is 9.32. The molecule has 0 atom stereocenters. The normalized spacial score (nSPS) is 16.2. The first kappa shape index (κ1) is 18.7. The summed E-state index contributed by atoms with van der Waals surface area (Å²) in [6.07, 6.45) is -1.95. The van der Waals surface area contributed by atoms with Crippen molar-refractivity contribution in [1.82, 2.24) is 10.2 Å². The molecule has 1 aliphatic rings. The summed E-state index contributed by atoms with van der Waals surface area (Å²) >= 11 is 0. The van der Waals surface area contributed by atoms with Crippen LogP contribution in [0.15, 0.2) is 0 Å². The van der Waals surface area contributed by atoms with Crippen molar-refractivity contribution in [1.29, 1.82) is 5.26 Å². The monoisotopic (exact) mass is 295 g/mol. The van der Waals surface area contributed by atoms with Crippen molar-refractivity contribution in [3.63, 3.8) is 0 Å². The Labute approximate surface area is 116 Å². The van der Waals surface area contributed by atoms with Crippen LogP contribution in [0.3, 0.4) is 0 Å². The molecule has 0 spiro atoms. The molecule has 2 N–H and O–H groups in total. The number of hydrogen-bond acceptors (Lipinski definition) is 4. The van der Waals surface area contributed by atoms with E-state index in [1.165, 1.54) is 12.8 Å². The number of nitrogens with zero attached hydrogens (tertiary/aromatic N) is 2. The molecule has 0 radical (unpaired) electrons. The molecule has 20 heavy (non-hydrogen) atoms. The second-order valence-corrected chi connectivity index (χ2v) is 4.32. The highest BCUT2D eigenvalue weighted by atomic mass is 19.4. The number of carboxylic acids is 1. The average molecular weight is 295 g/mol. The molecule has 0 aromatic carbocycles. The van der Waals surface area contributed by atoms with E-state index in [0.29, 0.717) is 12.5 Å². The van der Waals surface area contributed by atoms with Gasteiger partial charge in [0.15, 0.2) is 0 Å². The third kappa shape index (κ3) is 7.96. The van der Waals surface area contributed by atoms with Crippen LogP contribution in [0.25, 0.3) is 0 Å². The van der Waals surface area contributed by atoms with E-state index in [0.717, 1.165) is 26.2 Å². The van der Waals surface area contributed by atoms with Gasteiger partial charge in [-0.3, -0.25) is 4.90 Å². The van der Waals surface area contributed by atoms with Gasteiger partial charge in [0.2, 0.25) is 0 Å². The van der Waals surface area contributed by atoms with Gasteiger partial charge in [0, 0.05) is 19.0 Å². The number of piperidine rings is 1. The first-order valence-corrected chi connectivity index (χ1v) is 6.44. The van der Waals surface area contributed by atoms with Crippen LogP contribution in [0.2, 0.25) is 0 Å². The minimum Gasteiger partial charge on any atom is -0.475 e. The third-order valence-corrected chi connectivity index (χ3v) is 2.98. The summed E-state index contributed by atoms with van der Waals surface area (Å²) in [7, 11) is 0. The molecule has 116 valence electrons. The van der Waals surface area contributed by atoms with Gasteiger partial charge in [-0.25, -0.2) is 4.79 Å². The summed E-state index contributed by atoms with van der Waals surface area (Å²) < 4.78 is 31.7. The maximum absolute atomic E-state index is 10.6. The standard InChI is InChI=1S/C10H19N3.C2HF3O2/c1-2-13(9-3-6-11)10-4-7-12-8-5-10;3-2(4,5)1(6)7/h10,12H,2-5,7-9H2,1H3;(H,6,7). The van der Waals surface area contributed by atoms with Crippen LogP contribution in [0.4, 0.5) is 13.2 Å². The second-order valence-electron chi connectivity index (χ2n) is 4.32. The van der Waals surface area contributed by atoms with Gasteiger partial charge in [0.25, 0.3) is 0 Å². The van der Waals surface area contributed by atoms with Crippen molar-refractivity contribution in [3.05, 3.63) is 0 Å². The molecule has 0 aromatic heterocycles. The van der Waals surface area contributed by atoms with Crippen LogP contribution in [-0.2, 0) is 4.79 Å². The largest absolute Gasteiger partial charge is 0.490 e. The molecule has 1 heterocycles. The maximum Gasteiger partial charge on any atom is 0.490 e. The fourth-order valence-corrected chi connectivity index (χ4v) is 1.96. The zero-order chi connectivity index (χ0) is 15.6. The molecule has 0 bridgehead atoms. The number of halogens is 3. The molecule has 0 amide bonds. The van der Waals surface area contributed by atoms with E-state index in [1.54, 1.807) is 0 Å². The Kier molecular flexibility index (Phi) is 8.92. The van der Waals surface area contributed by atoms with Crippen LogP contribution in [0.1, 0.15) is 26.2 Å². The van der Waals surface area contributed by atoms with Crippen molar-refractivity contribution in [2.45, 2.75) is 38.4 Å². The lowest BCUT2D eigenvalue weighted by Crippen LogP contribution is -2.43. The molecule has 5 nitrogen and oxygen atoms in total. The van der Waals surface area contributed by atoms with E-state index < -0.39 is 12.1 Å². The van der Waals surface area contributed by atoms with Crippen LogP contribution in [0.5, 0.6) is 0 Å². The van der Waals surface area contributed by atoms with E-state index in [4.69, 9.17) is 15.2 Å². The van der Waals surface area contributed by atoms with Gasteiger partial charge in [0.1, 0.15) is 0 Å². The van der Waals surface area contributed by atoms with E-state index in [1.807, 2.05) is 0 Å². The molecule has 1 saturated heterocycles. The number of rotatable bonds is 4. The Hall–Kier alpha value is -1.33.